The number of aliphatic hydroxyl groups is 1. The van der Waals surface area contributed by atoms with E-state index in [9.17, 15) is 9.50 Å². The van der Waals surface area contributed by atoms with Crippen LogP contribution in [0.15, 0.2) is 30.3 Å². The smallest absolute Gasteiger partial charge is 0.136 e. The van der Waals surface area contributed by atoms with E-state index in [1.807, 2.05) is 19.1 Å². The Morgan fingerprint density at radius 2 is 2.17 bits per heavy atom. The second-order valence-corrected chi connectivity index (χ2v) is 5.81. The van der Waals surface area contributed by atoms with Gasteiger partial charge < -0.3 is 9.84 Å². The summed E-state index contributed by atoms with van der Waals surface area (Å²) in [5.41, 5.74) is 0.541. The zero-order valence-electron chi connectivity index (χ0n) is 9.89. The van der Waals surface area contributed by atoms with Gasteiger partial charge in [-0.3, -0.25) is 0 Å². The van der Waals surface area contributed by atoms with Crippen LogP contribution >= 0.6 is 11.3 Å². The second-order valence-electron chi connectivity index (χ2n) is 4.49. The fraction of sp³-hybridized carbons (Fsp3) is 0.286. The summed E-state index contributed by atoms with van der Waals surface area (Å²) < 4.78 is 19.0. The Kier molecular flexibility index (Phi) is 2.84. The minimum absolute atomic E-state index is 0.142. The monoisotopic (exact) mass is 264 g/mol. The van der Waals surface area contributed by atoms with Gasteiger partial charge in [-0.25, -0.2) is 4.39 Å². The first-order valence-electron chi connectivity index (χ1n) is 5.84. The average molecular weight is 264 g/mol. The van der Waals surface area contributed by atoms with Crippen molar-refractivity contribution in [3.63, 3.8) is 0 Å². The van der Waals surface area contributed by atoms with Crippen LogP contribution in [0.4, 0.5) is 4.39 Å². The van der Waals surface area contributed by atoms with E-state index in [1.54, 1.807) is 17.4 Å². The first-order valence-corrected chi connectivity index (χ1v) is 6.65. The van der Waals surface area contributed by atoms with Crippen LogP contribution < -0.4 is 4.74 Å². The lowest BCUT2D eigenvalue weighted by molar-refractivity contribution is 0.0670. The first-order chi connectivity index (χ1) is 8.63. The molecule has 0 bridgehead atoms. The molecule has 2 aromatic rings. The highest BCUT2D eigenvalue weighted by Crippen LogP contribution is 2.42. The van der Waals surface area contributed by atoms with Crippen molar-refractivity contribution in [2.45, 2.75) is 25.6 Å². The van der Waals surface area contributed by atoms with Gasteiger partial charge in [-0.1, -0.05) is 0 Å². The van der Waals surface area contributed by atoms with Gasteiger partial charge in [0.1, 0.15) is 17.7 Å². The molecule has 0 fully saturated rings. The van der Waals surface area contributed by atoms with Crippen molar-refractivity contribution in [2.75, 3.05) is 0 Å². The third kappa shape index (κ3) is 2.02. The number of hydrogen-bond donors (Lipinski definition) is 1. The predicted octanol–water partition coefficient (Wildman–Crippen LogP) is 3.75. The SMILES string of the molecule is Cc1ccc(C2C[C@@H](O)c3cc(F)ccc3O2)s1. The van der Waals surface area contributed by atoms with Crippen LogP contribution in [0.3, 0.4) is 0 Å². The molecule has 3 rings (SSSR count). The molecule has 0 aliphatic carbocycles. The molecule has 0 spiro atoms. The molecule has 0 saturated heterocycles. The third-order valence-corrected chi connectivity index (χ3v) is 4.21. The molecule has 1 aliphatic heterocycles. The summed E-state index contributed by atoms with van der Waals surface area (Å²) in [6, 6.07) is 8.34. The summed E-state index contributed by atoms with van der Waals surface area (Å²) in [5.74, 6) is 0.230. The van der Waals surface area contributed by atoms with Gasteiger partial charge in [0.05, 0.1) is 6.10 Å². The Morgan fingerprint density at radius 3 is 2.89 bits per heavy atom. The summed E-state index contributed by atoms with van der Waals surface area (Å²) >= 11 is 1.66. The highest BCUT2D eigenvalue weighted by molar-refractivity contribution is 7.12. The molecule has 0 radical (unpaired) electrons. The molecule has 0 amide bonds. The van der Waals surface area contributed by atoms with E-state index in [-0.39, 0.29) is 11.9 Å². The minimum atomic E-state index is -0.670. The van der Waals surface area contributed by atoms with Crippen LogP contribution in [-0.2, 0) is 0 Å². The van der Waals surface area contributed by atoms with Crippen molar-refractivity contribution in [3.05, 3.63) is 51.5 Å². The maximum absolute atomic E-state index is 13.1. The van der Waals surface area contributed by atoms with Gasteiger partial charge in [0.2, 0.25) is 0 Å². The van der Waals surface area contributed by atoms with Gasteiger partial charge >= 0.3 is 0 Å². The molecule has 1 unspecified atom stereocenters. The highest BCUT2D eigenvalue weighted by atomic mass is 32.1. The van der Waals surface area contributed by atoms with Crippen molar-refractivity contribution in [2.24, 2.45) is 0 Å². The van der Waals surface area contributed by atoms with E-state index in [1.165, 1.54) is 17.0 Å². The lowest BCUT2D eigenvalue weighted by atomic mass is 9.98. The largest absolute Gasteiger partial charge is 0.484 e. The summed E-state index contributed by atoms with van der Waals surface area (Å²) in [7, 11) is 0. The maximum Gasteiger partial charge on any atom is 0.136 e. The van der Waals surface area contributed by atoms with Crippen LogP contribution in [0.25, 0.3) is 0 Å². The van der Waals surface area contributed by atoms with Crippen LogP contribution in [0.1, 0.15) is 33.9 Å². The van der Waals surface area contributed by atoms with E-state index in [4.69, 9.17) is 4.74 Å². The number of halogens is 1. The molecule has 4 heteroatoms. The van der Waals surface area contributed by atoms with Gasteiger partial charge in [-0.2, -0.15) is 0 Å². The van der Waals surface area contributed by atoms with Crippen LogP contribution in [0.2, 0.25) is 0 Å². The van der Waals surface area contributed by atoms with Gasteiger partial charge in [0, 0.05) is 21.7 Å². The average Bonchev–Trinajstić information content (AvgIpc) is 2.77. The van der Waals surface area contributed by atoms with Crippen molar-refractivity contribution in [3.8, 4) is 5.75 Å². The lowest BCUT2D eigenvalue weighted by Crippen LogP contribution is -2.18. The summed E-state index contributed by atoms with van der Waals surface area (Å²) in [5, 5.41) is 10.1. The number of aryl methyl sites for hydroxylation is 1. The van der Waals surface area contributed by atoms with E-state index in [0.717, 1.165) is 4.88 Å². The molecule has 2 atom stereocenters. The molecule has 18 heavy (non-hydrogen) atoms. The van der Waals surface area contributed by atoms with Crippen molar-refractivity contribution in [1.82, 2.24) is 0 Å². The van der Waals surface area contributed by atoms with Gasteiger partial charge in [0.15, 0.2) is 0 Å². The lowest BCUT2D eigenvalue weighted by Gasteiger charge is -2.29. The van der Waals surface area contributed by atoms with Gasteiger partial charge in [-0.05, 0) is 37.3 Å². The highest BCUT2D eigenvalue weighted by Gasteiger charge is 2.29. The molecule has 1 aromatic heterocycles. The van der Waals surface area contributed by atoms with Gasteiger partial charge in [0.25, 0.3) is 0 Å². The standard InChI is InChI=1S/C14H13FO2S/c1-8-2-5-14(18-8)13-7-11(16)10-6-9(15)3-4-12(10)17-13/h2-6,11,13,16H,7H2,1H3/t11-,13?/m1/s1. The quantitative estimate of drug-likeness (QED) is 0.850. The van der Waals surface area contributed by atoms with E-state index < -0.39 is 6.10 Å². The van der Waals surface area contributed by atoms with Crippen molar-refractivity contribution < 1.29 is 14.2 Å². The van der Waals surface area contributed by atoms with Crippen molar-refractivity contribution >= 4 is 11.3 Å². The molecule has 2 nitrogen and oxygen atoms in total. The van der Waals surface area contributed by atoms with Gasteiger partial charge in [-0.15, -0.1) is 11.3 Å². The minimum Gasteiger partial charge on any atom is -0.484 e. The topological polar surface area (TPSA) is 29.5 Å². The second kappa shape index (κ2) is 4.37. The molecule has 1 aliphatic rings. The molecule has 94 valence electrons. The normalized spacial score (nSPS) is 22.4. The fourth-order valence-corrected chi connectivity index (χ4v) is 3.14. The Morgan fingerprint density at radius 1 is 1.33 bits per heavy atom. The molecule has 1 aromatic carbocycles. The van der Waals surface area contributed by atoms with Crippen LogP contribution in [0.5, 0.6) is 5.75 Å². The Bertz CT molecular complexity index is 579. The number of benzene rings is 1. The predicted molar refractivity (Wildman–Crippen MR) is 68.4 cm³/mol. The maximum atomic E-state index is 13.1. The van der Waals surface area contributed by atoms with Crippen LogP contribution in [0, 0.1) is 12.7 Å². The Labute approximate surface area is 109 Å². The van der Waals surface area contributed by atoms with E-state index >= 15 is 0 Å². The zero-order chi connectivity index (χ0) is 12.7. The Balaban J connectivity index is 1.94. The van der Waals surface area contributed by atoms with E-state index in [2.05, 4.69) is 0 Å². The number of fused-ring (bicyclic) bond motifs is 1. The van der Waals surface area contributed by atoms with E-state index in [0.29, 0.717) is 17.7 Å². The number of aliphatic hydroxyl groups excluding tert-OH is 1. The van der Waals surface area contributed by atoms with Crippen LogP contribution in [-0.4, -0.2) is 5.11 Å². The zero-order valence-corrected chi connectivity index (χ0v) is 10.7. The number of thiophene rings is 1. The third-order valence-electron chi connectivity index (χ3n) is 3.12. The molecule has 2 heterocycles. The molecule has 1 N–H and O–H groups in total. The molecular formula is C14H13FO2S. The number of ether oxygens (including phenoxy) is 1. The summed E-state index contributed by atoms with van der Waals surface area (Å²) in [6.45, 7) is 2.04. The summed E-state index contributed by atoms with van der Waals surface area (Å²) in [4.78, 5) is 2.31. The molecular weight excluding hydrogens is 251 g/mol. The summed E-state index contributed by atoms with van der Waals surface area (Å²) in [6.07, 6.45) is -0.343. The number of hydrogen-bond acceptors (Lipinski definition) is 3. The Hall–Kier alpha value is -1.39. The fourth-order valence-electron chi connectivity index (χ4n) is 2.22. The van der Waals surface area contributed by atoms with Crippen molar-refractivity contribution in [1.29, 1.82) is 0 Å². The first kappa shape index (κ1) is 11.7. The molecule has 0 saturated carbocycles. The number of rotatable bonds is 1.